The van der Waals surface area contributed by atoms with Gasteiger partial charge in [0.1, 0.15) is 5.02 Å². The molecule has 2 amide bonds. The summed E-state index contributed by atoms with van der Waals surface area (Å²) in [7, 11) is 0. The summed E-state index contributed by atoms with van der Waals surface area (Å²) in [6.07, 6.45) is 0. The first-order valence-electron chi connectivity index (χ1n) is 6.67. The second kappa shape index (κ2) is 8.19. The average molecular weight is 389 g/mol. The first-order chi connectivity index (χ1) is 11.4. The molecule has 126 valence electrons. The Kier molecular flexibility index (Phi) is 6.25. The third-order valence-electron chi connectivity index (χ3n) is 2.79. The van der Waals surface area contributed by atoms with Crippen molar-refractivity contribution in [3.05, 3.63) is 56.7 Å². The van der Waals surface area contributed by atoms with E-state index in [4.69, 9.17) is 39.5 Å². The number of halogens is 3. The van der Waals surface area contributed by atoms with Gasteiger partial charge < -0.3 is 4.74 Å². The molecular formula is C15H12Cl3N3O3. The molecule has 1 aromatic carbocycles. The predicted molar refractivity (Wildman–Crippen MR) is 91.5 cm³/mol. The first-order valence-corrected chi connectivity index (χ1v) is 7.80. The smallest absolute Gasteiger partial charge is 0.276 e. The molecule has 0 aliphatic heterocycles. The van der Waals surface area contributed by atoms with E-state index in [9.17, 15) is 9.59 Å². The number of hydrazine groups is 1. The maximum absolute atomic E-state index is 11.9. The Hall–Kier alpha value is -2.02. The third kappa shape index (κ3) is 4.99. The van der Waals surface area contributed by atoms with E-state index >= 15 is 0 Å². The second-order valence-corrected chi connectivity index (χ2v) is 5.88. The van der Waals surface area contributed by atoms with Crippen molar-refractivity contribution >= 4 is 46.6 Å². The highest BCUT2D eigenvalue weighted by Crippen LogP contribution is 2.30. The summed E-state index contributed by atoms with van der Waals surface area (Å²) in [5.74, 6) is -1.08. The number of carbonyl (C=O) groups is 2. The van der Waals surface area contributed by atoms with E-state index in [-0.39, 0.29) is 21.1 Å². The molecule has 2 N–H and O–H groups in total. The lowest BCUT2D eigenvalue weighted by Crippen LogP contribution is -2.43. The largest absolute Gasteiger partial charge is 0.466 e. The van der Waals surface area contributed by atoms with Gasteiger partial charge in [-0.2, -0.15) is 4.98 Å². The van der Waals surface area contributed by atoms with Crippen LogP contribution in [0.15, 0.2) is 30.3 Å². The SMILES string of the molecule is Cc1cccc(C(=O)NNC(=O)COc2nc(Cl)c(Cl)cc2Cl)c1. The van der Waals surface area contributed by atoms with Gasteiger partial charge in [-0.1, -0.05) is 52.5 Å². The molecule has 2 aromatic rings. The number of benzene rings is 1. The first kappa shape index (κ1) is 18.3. The summed E-state index contributed by atoms with van der Waals surface area (Å²) in [6, 6.07) is 8.28. The van der Waals surface area contributed by atoms with E-state index in [1.54, 1.807) is 18.2 Å². The van der Waals surface area contributed by atoms with Crippen LogP contribution < -0.4 is 15.6 Å². The molecular weight excluding hydrogens is 377 g/mol. The Morgan fingerprint density at radius 3 is 2.58 bits per heavy atom. The fourth-order valence-corrected chi connectivity index (χ4v) is 2.23. The van der Waals surface area contributed by atoms with Crippen LogP contribution in [-0.4, -0.2) is 23.4 Å². The van der Waals surface area contributed by atoms with Crippen molar-refractivity contribution < 1.29 is 14.3 Å². The zero-order valence-electron chi connectivity index (χ0n) is 12.4. The van der Waals surface area contributed by atoms with Crippen LogP contribution in [0.3, 0.4) is 0 Å². The number of nitrogens with one attached hydrogen (secondary N) is 2. The fraction of sp³-hybridized carbons (Fsp3) is 0.133. The van der Waals surface area contributed by atoms with Crippen molar-refractivity contribution in [1.29, 1.82) is 0 Å². The number of ether oxygens (including phenoxy) is 1. The molecule has 0 fully saturated rings. The van der Waals surface area contributed by atoms with Gasteiger partial charge in [-0.3, -0.25) is 20.4 Å². The lowest BCUT2D eigenvalue weighted by atomic mass is 10.1. The number of aryl methyl sites for hydroxylation is 1. The van der Waals surface area contributed by atoms with Crippen molar-refractivity contribution in [2.75, 3.05) is 6.61 Å². The van der Waals surface area contributed by atoms with Crippen LogP contribution in [0.1, 0.15) is 15.9 Å². The van der Waals surface area contributed by atoms with E-state index < -0.39 is 18.4 Å². The molecule has 0 spiro atoms. The minimum Gasteiger partial charge on any atom is -0.466 e. The number of amides is 2. The van der Waals surface area contributed by atoms with E-state index in [2.05, 4.69) is 15.8 Å². The highest BCUT2D eigenvalue weighted by Gasteiger charge is 2.12. The van der Waals surface area contributed by atoms with Gasteiger partial charge in [0.2, 0.25) is 5.88 Å². The van der Waals surface area contributed by atoms with Crippen LogP contribution in [0.25, 0.3) is 0 Å². The van der Waals surface area contributed by atoms with Crippen molar-refractivity contribution in [3.8, 4) is 5.88 Å². The molecule has 0 radical (unpaired) electrons. The molecule has 2 rings (SSSR count). The summed E-state index contributed by atoms with van der Waals surface area (Å²) < 4.78 is 5.14. The third-order valence-corrected chi connectivity index (χ3v) is 3.73. The van der Waals surface area contributed by atoms with Crippen molar-refractivity contribution in [1.82, 2.24) is 15.8 Å². The number of pyridine rings is 1. The molecule has 0 aliphatic rings. The minimum absolute atomic E-state index is 0.00391. The highest BCUT2D eigenvalue weighted by atomic mass is 35.5. The second-order valence-electron chi connectivity index (χ2n) is 4.71. The fourth-order valence-electron chi connectivity index (χ4n) is 1.68. The van der Waals surface area contributed by atoms with Crippen LogP contribution in [0.2, 0.25) is 15.2 Å². The van der Waals surface area contributed by atoms with E-state index in [0.29, 0.717) is 5.56 Å². The van der Waals surface area contributed by atoms with Gasteiger partial charge in [-0.05, 0) is 25.1 Å². The number of hydrogen-bond acceptors (Lipinski definition) is 4. The van der Waals surface area contributed by atoms with Crippen molar-refractivity contribution in [2.24, 2.45) is 0 Å². The summed E-state index contributed by atoms with van der Waals surface area (Å²) in [4.78, 5) is 27.4. The minimum atomic E-state index is -0.597. The molecule has 0 bridgehead atoms. The average Bonchev–Trinajstić information content (AvgIpc) is 2.54. The zero-order chi connectivity index (χ0) is 17.7. The summed E-state index contributed by atoms with van der Waals surface area (Å²) in [5.41, 5.74) is 5.85. The molecule has 0 saturated carbocycles. The van der Waals surface area contributed by atoms with Crippen LogP contribution >= 0.6 is 34.8 Å². The lowest BCUT2D eigenvalue weighted by molar-refractivity contribution is -0.123. The van der Waals surface area contributed by atoms with Crippen LogP contribution in [0.4, 0.5) is 0 Å². The van der Waals surface area contributed by atoms with Crippen LogP contribution in [-0.2, 0) is 4.79 Å². The van der Waals surface area contributed by atoms with Gasteiger partial charge in [0.15, 0.2) is 11.8 Å². The summed E-state index contributed by atoms with van der Waals surface area (Å²) >= 11 is 17.4. The van der Waals surface area contributed by atoms with Gasteiger partial charge in [0.05, 0.1) is 5.02 Å². The van der Waals surface area contributed by atoms with Crippen LogP contribution in [0, 0.1) is 6.92 Å². The number of carbonyl (C=O) groups excluding carboxylic acids is 2. The van der Waals surface area contributed by atoms with E-state index in [0.717, 1.165) is 5.56 Å². The Labute approximate surface area is 153 Å². The number of nitrogens with zero attached hydrogens (tertiary/aromatic N) is 1. The van der Waals surface area contributed by atoms with Crippen molar-refractivity contribution in [3.63, 3.8) is 0 Å². The lowest BCUT2D eigenvalue weighted by Gasteiger charge is -2.10. The molecule has 1 heterocycles. The number of rotatable bonds is 4. The molecule has 0 saturated heterocycles. The standard InChI is InChI=1S/C15H12Cl3N3O3/c1-8-3-2-4-9(5-8)14(23)21-20-12(22)7-24-15-11(17)6-10(16)13(18)19-15/h2-6H,7H2,1H3,(H,20,22)(H,21,23). The number of hydrogen-bond donors (Lipinski definition) is 2. The Balaban J connectivity index is 1.86. The zero-order valence-corrected chi connectivity index (χ0v) is 14.7. The normalized spacial score (nSPS) is 10.2. The molecule has 0 atom stereocenters. The molecule has 9 heteroatoms. The molecule has 0 unspecified atom stereocenters. The monoisotopic (exact) mass is 387 g/mol. The van der Waals surface area contributed by atoms with Gasteiger partial charge in [-0.25, -0.2) is 0 Å². The van der Waals surface area contributed by atoms with Crippen LogP contribution in [0.5, 0.6) is 5.88 Å². The Morgan fingerprint density at radius 1 is 1.12 bits per heavy atom. The Morgan fingerprint density at radius 2 is 1.88 bits per heavy atom. The summed E-state index contributed by atoms with van der Waals surface area (Å²) in [5, 5.41) is 0.286. The quantitative estimate of drug-likeness (QED) is 0.623. The van der Waals surface area contributed by atoms with Crippen molar-refractivity contribution in [2.45, 2.75) is 6.92 Å². The summed E-state index contributed by atoms with van der Waals surface area (Å²) in [6.45, 7) is 1.44. The van der Waals surface area contributed by atoms with Gasteiger partial charge in [0, 0.05) is 5.56 Å². The van der Waals surface area contributed by atoms with Gasteiger partial charge in [0.25, 0.3) is 11.8 Å². The predicted octanol–water partition coefficient (Wildman–Crippen LogP) is 3.19. The molecule has 0 aliphatic carbocycles. The topological polar surface area (TPSA) is 80.3 Å². The van der Waals surface area contributed by atoms with Gasteiger partial charge in [-0.15, -0.1) is 0 Å². The maximum Gasteiger partial charge on any atom is 0.276 e. The molecule has 24 heavy (non-hydrogen) atoms. The number of aromatic nitrogens is 1. The Bertz CT molecular complexity index is 784. The van der Waals surface area contributed by atoms with E-state index in [1.165, 1.54) is 6.07 Å². The molecule has 1 aromatic heterocycles. The van der Waals surface area contributed by atoms with E-state index in [1.807, 2.05) is 13.0 Å². The highest BCUT2D eigenvalue weighted by molar-refractivity contribution is 6.42. The molecule has 6 nitrogen and oxygen atoms in total. The maximum atomic E-state index is 11.9. The van der Waals surface area contributed by atoms with Gasteiger partial charge >= 0.3 is 0 Å².